The largest absolute Gasteiger partial charge is 0.366 e. The predicted octanol–water partition coefficient (Wildman–Crippen LogP) is 1.82. The molecule has 1 heterocycles. The van der Waals surface area contributed by atoms with Crippen LogP contribution in [0.2, 0.25) is 0 Å². The van der Waals surface area contributed by atoms with Crippen LogP contribution in [0.5, 0.6) is 0 Å². The van der Waals surface area contributed by atoms with E-state index in [1.807, 2.05) is 13.8 Å². The van der Waals surface area contributed by atoms with Gasteiger partial charge in [-0.1, -0.05) is 18.2 Å². The summed E-state index contributed by atoms with van der Waals surface area (Å²) in [6.07, 6.45) is 2.93. The smallest absolute Gasteiger partial charge is 0.191 e. The Kier molecular flexibility index (Phi) is 7.32. The van der Waals surface area contributed by atoms with Gasteiger partial charge in [-0.05, 0) is 45.2 Å². The summed E-state index contributed by atoms with van der Waals surface area (Å²) >= 11 is 0. The highest BCUT2D eigenvalue weighted by Gasteiger charge is 2.24. The van der Waals surface area contributed by atoms with Gasteiger partial charge < -0.3 is 15.5 Å². The number of fused-ring (bicyclic) bond motifs is 1. The van der Waals surface area contributed by atoms with Gasteiger partial charge in [0.15, 0.2) is 5.96 Å². The Bertz CT molecular complexity index is 718. The maximum absolute atomic E-state index is 11.3. The standard InChI is InChI=1S/C19H32N4O2S/c1-5-20-19(22-15(2)10-13-26(4,24)25)21-11-12-23-16(3)14-17-8-6-7-9-18(17)23/h6-9,15-16H,5,10-14H2,1-4H3,(H2,20,21,22). The van der Waals surface area contributed by atoms with Crippen molar-refractivity contribution in [2.45, 2.75) is 45.7 Å². The highest BCUT2D eigenvalue weighted by molar-refractivity contribution is 7.90. The van der Waals surface area contributed by atoms with E-state index in [1.165, 1.54) is 17.5 Å². The van der Waals surface area contributed by atoms with Crippen LogP contribution in [0, 0.1) is 0 Å². The second kappa shape index (κ2) is 9.26. The molecule has 146 valence electrons. The zero-order valence-electron chi connectivity index (χ0n) is 16.3. The number of hydrogen-bond donors (Lipinski definition) is 2. The van der Waals surface area contributed by atoms with E-state index in [0.29, 0.717) is 19.0 Å². The quantitative estimate of drug-likeness (QED) is 0.532. The van der Waals surface area contributed by atoms with Gasteiger partial charge >= 0.3 is 0 Å². The van der Waals surface area contributed by atoms with E-state index in [-0.39, 0.29) is 11.8 Å². The van der Waals surface area contributed by atoms with Crippen LogP contribution in [0.1, 0.15) is 32.8 Å². The molecule has 1 aliphatic rings. The molecule has 0 aliphatic carbocycles. The molecule has 2 unspecified atom stereocenters. The van der Waals surface area contributed by atoms with Gasteiger partial charge in [-0.15, -0.1) is 0 Å². The summed E-state index contributed by atoms with van der Waals surface area (Å²) in [4.78, 5) is 7.08. The van der Waals surface area contributed by atoms with Crippen molar-refractivity contribution < 1.29 is 8.42 Å². The first-order chi connectivity index (χ1) is 12.3. The summed E-state index contributed by atoms with van der Waals surface area (Å²) in [5.41, 5.74) is 2.72. The fourth-order valence-corrected chi connectivity index (χ4v) is 4.04. The number of guanidine groups is 1. The van der Waals surface area contributed by atoms with Crippen LogP contribution < -0.4 is 15.5 Å². The Labute approximate surface area is 158 Å². The average molecular weight is 381 g/mol. The first-order valence-corrected chi connectivity index (χ1v) is 11.4. The molecule has 1 aromatic carbocycles. The molecule has 0 amide bonds. The Hall–Kier alpha value is -1.76. The van der Waals surface area contributed by atoms with Crippen molar-refractivity contribution in [3.63, 3.8) is 0 Å². The topological polar surface area (TPSA) is 73.8 Å². The minimum absolute atomic E-state index is 0.0500. The van der Waals surface area contributed by atoms with Crippen molar-refractivity contribution in [3.05, 3.63) is 29.8 Å². The molecule has 0 fully saturated rings. The molecule has 26 heavy (non-hydrogen) atoms. The lowest BCUT2D eigenvalue weighted by Gasteiger charge is -2.24. The number of nitrogens with one attached hydrogen (secondary N) is 2. The molecule has 2 atom stereocenters. The Morgan fingerprint density at radius 3 is 2.81 bits per heavy atom. The summed E-state index contributed by atoms with van der Waals surface area (Å²) in [5.74, 6) is 0.927. The third kappa shape index (κ3) is 6.20. The number of sulfone groups is 1. The molecule has 2 rings (SSSR count). The second-order valence-corrected chi connectivity index (χ2v) is 9.36. The molecule has 0 saturated carbocycles. The van der Waals surface area contributed by atoms with Crippen molar-refractivity contribution in [3.8, 4) is 0 Å². The van der Waals surface area contributed by atoms with Crippen molar-refractivity contribution in [2.24, 2.45) is 4.99 Å². The first-order valence-electron chi connectivity index (χ1n) is 9.37. The predicted molar refractivity (Wildman–Crippen MR) is 110 cm³/mol. The summed E-state index contributed by atoms with van der Waals surface area (Å²) in [5, 5.41) is 6.54. The Balaban J connectivity index is 1.90. The normalized spacial score (nSPS) is 18.5. The molecule has 0 bridgehead atoms. The minimum Gasteiger partial charge on any atom is -0.366 e. The van der Waals surface area contributed by atoms with Crippen LogP contribution in [-0.4, -0.2) is 58.1 Å². The molecule has 0 spiro atoms. The fraction of sp³-hybridized carbons (Fsp3) is 0.632. The third-order valence-electron chi connectivity index (χ3n) is 4.61. The van der Waals surface area contributed by atoms with Crippen LogP contribution in [0.4, 0.5) is 5.69 Å². The highest BCUT2D eigenvalue weighted by atomic mass is 32.2. The molecule has 1 aromatic rings. The maximum atomic E-state index is 11.3. The SMILES string of the molecule is CCNC(=NCCN1c2ccccc2CC1C)NC(C)CCS(C)(=O)=O. The number of nitrogens with zero attached hydrogens (tertiary/aromatic N) is 2. The van der Waals surface area contributed by atoms with Crippen molar-refractivity contribution in [1.29, 1.82) is 0 Å². The number of benzene rings is 1. The van der Waals surface area contributed by atoms with E-state index in [9.17, 15) is 8.42 Å². The van der Waals surface area contributed by atoms with Gasteiger partial charge in [0.25, 0.3) is 0 Å². The van der Waals surface area contributed by atoms with Gasteiger partial charge in [0.05, 0.1) is 12.3 Å². The summed E-state index contributed by atoms with van der Waals surface area (Å²) < 4.78 is 22.6. The highest BCUT2D eigenvalue weighted by Crippen LogP contribution is 2.31. The number of anilines is 1. The van der Waals surface area contributed by atoms with Gasteiger partial charge in [-0.2, -0.15) is 0 Å². The number of aliphatic imine (C=N–C) groups is 1. The van der Waals surface area contributed by atoms with Gasteiger partial charge in [-0.25, -0.2) is 8.42 Å². The number of rotatable bonds is 8. The van der Waals surface area contributed by atoms with E-state index in [0.717, 1.165) is 25.5 Å². The van der Waals surface area contributed by atoms with Crippen LogP contribution in [0.3, 0.4) is 0 Å². The summed E-state index contributed by atoms with van der Waals surface area (Å²) in [6, 6.07) is 9.10. The first kappa shape index (κ1) is 20.6. The number of para-hydroxylation sites is 1. The van der Waals surface area contributed by atoms with Crippen molar-refractivity contribution >= 4 is 21.5 Å². The van der Waals surface area contributed by atoms with E-state index in [2.05, 4.69) is 51.7 Å². The zero-order chi connectivity index (χ0) is 19.2. The summed E-state index contributed by atoms with van der Waals surface area (Å²) in [7, 11) is -2.94. The van der Waals surface area contributed by atoms with E-state index in [4.69, 9.17) is 0 Å². The van der Waals surface area contributed by atoms with Crippen LogP contribution >= 0.6 is 0 Å². The van der Waals surface area contributed by atoms with Gasteiger partial charge in [0, 0.05) is 37.1 Å². The second-order valence-electron chi connectivity index (χ2n) is 7.10. The van der Waals surface area contributed by atoms with Gasteiger partial charge in [0.2, 0.25) is 0 Å². The van der Waals surface area contributed by atoms with Crippen LogP contribution in [0.15, 0.2) is 29.3 Å². The monoisotopic (exact) mass is 380 g/mol. The Morgan fingerprint density at radius 2 is 2.12 bits per heavy atom. The Morgan fingerprint density at radius 1 is 1.38 bits per heavy atom. The van der Waals surface area contributed by atoms with E-state index >= 15 is 0 Å². The molecule has 7 heteroatoms. The lowest BCUT2D eigenvalue weighted by atomic mass is 10.1. The van der Waals surface area contributed by atoms with Gasteiger partial charge in [-0.3, -0.25) is 4.99 Å². The molecule has 1 aliphatic heterocycles. The van der Waals surface area contributed by atoms with E-state index in [1.54, 1.807) is 0 Å². The van der Waals surface area contributed by atoms with Crippen LogP contribution in [0.25, 0.3) is 0 Å². The minimum atomic E-state index is -2.94. The third-order valence-corrected chi connectivity index (χ3v) is 5.59. The summed E-state index contributed by atoms with van der Waals surface area (Å²) in [6.45, 7) is 8.58. The van der Waals surface area contributed by atoms with E-state index < -0.39 is 9.84 Å². The van der Waals surface area contributed by atoms with Crippen LogP contribution in [-0.2, 0) is 16.3 Å². The zero-order valence-corrected chi connectivity index (χ0v) is 17.1. The lowest BCUT2D eigenvalue weighted by Crippen LogP contribution is -2.43. The molecular weight excluding hydrogens is 348 g/mol. The number of hydrogen-bond acceptors (Lipinski definition) is 4. The molecule has 2 N–H and O–H groups in total. The fourth-order valence-electron chi connectivity index (χ4n) is 3.26. The molecule has 0 saturated heterocycles. The van der Waals surface area contributed by atoms with Crippen molar-refractivity contribution in [1.82, 2.24) is 10.6 Å². The molecular formula is C19H32N4O2S. The maximum Gasteiger partial charge on any atom is 0.191 e. The average Bonchev–Trinajstić information content (AvgIpc) is 2.88. The van der Waals surface area contributed by atoms with Crippen molar-refractivity contribution in [2.75, 3.05) is 36.5 Å². The molecule has 0 aromatic heterocycles. The lowest BCUT2D eigenvalue weighted by molar-refractivity contribution is 0.581. The molecule has 0 radical (unpaired) electrons. The molecule has 6 nitrogen and oxygen atoms in total. The van der Waals surface area contributed by atoms with Gasteiger partial charge in [0.1, 0.15) is 9.84 Å².